The van der Waals surface area contributed by atoms with Crippen molar-refractivity contribution >= 4 is 23.7 Å². The lowest BCUT2D eigenvalue weighted by Gasteiger charge is -2.32. The van der Waals surface area contributed by atoms with Gasteiger partial charge >= 0.3 is 6.03 Å². The molecule has 2 aromatic heterocycles. The Labute approximate surface area is 164 Å². The number of nitrogens with zero attached hydrogens (tertiary/aromatic N) is 6. The summed E-state index contributed by atoms with van der Waals surface area (Å²) in [4.78, 5) is 33.1. The van der Waals surface area contributed by atoms with Crippen LogP contribution >= 0.6 is 0 Å². The summed E-state index contributed by atoms with van der Waals surface area (Å²) in [5.41, 5.74) is 1.73. The molecule has 0 saturated carbocycles. The number of anilines is 2. The number of imidazole rings is 1. The van der Waals surface area contributed by atoms with Gasteiger partial charge in [0.05, 0.1) is 24.1 Å². The second-order valence-electron chi connectivity index (χ2n) is 7.28. The van der Waals surface area contributed by atoms with Gasteiger partial charge in [-0.05, 0) is 19.8 Å². The van der Waals surface area contributed by atoms with E-state index in [2.05, 4.69) is 20.7 Å². The van der Waals surface area contributed by atoms with E-state index in [0.717, 1.165) is 29.6 Å². The molecular formula is C18H28N8O2. The van der Waals surface area contributed by atoms with Crippen molar-refractivity contribution in [2.75, 3.05) is 30.4 Å². The van der Waals surface area contributed by atoms with Gasteiger partial charge in [-0.1, -0.05) is 0 Å². The Morgan fingerprint density at radius 3 is 2.71 bits per heavy atom. The van der Waals surface area contributed by atoms with Gasteiger partial charge in [-0.2, -0.15) is 5.10 Å². The number of carbonyl (C=O) groups is 2. The third-order valence-electron chi connectivity index (χ3n) is 4.89. The molecule has 0 bridgehead atoms. The van der Waals surface area contributed by atoms with Crippen LogP contribution in [0.1, 0.15) is 24.2 Å². The van der Waals surface area contributed by atoms with Gasteiger partial charge in [-0.15, -0.1) is 0 Å². The molecule has 1 fully saturated rings. The predicted octanol–water partition coefficient (Wildman–Crippen LogP) is 0.523. The number of piperidine rings is 1. The normalized spacial score (nSPS) is 17.0. The molecule has 10 heteroatoms. The fraction of sp³-hybridized carbons (Fsp3) is 0.556. The van der Waals surface area contributed by atoms with E-state index in [1.165, 1.54) is 0 Å². The summed E-state index contributed by atoms with van der Waals surface area (Å²) in [5.74, 6) is 1.45. The van der Waals surface area contributed by atoms with Gasteiger partial charge in [0.25, 0.3) is 5.91 Å². The summed E-state index contributed by atoms with van der Waals surface area (Å²) in [6.07, 6.45) is 3.17. The van der Waals surface area contributed by atoms with E-state index in [1.807, 2.05) is 50.6 Å². The molecule has 28 heavy (non-hydrogen) atoms. The van der Waals surface area contributed by atoms with Crippen molar-refractivity contribution in [2.45, 2.75) is 32.4 Å². The van der Waals surface area contributed by atoms with E-state index >= 15 is 0 Å². The fourth-order valence-corrected chi connectivity index (χ4v) is 3.48. The minimum Gasteiger partial charge on any atom is -0.348 e. The minimum absolute atomic E-state index is 0.111. The van der Waals surface area contributed by atoms with E-state index in [9.17, 15) is 9.59 Å². The highest BCUT2D eigenvalue weighted by atomic mass is 16.2. The van der Waals surface area contributed by atoms with E-state index in [-0.39, 0.29) is 11.9 Å². The highest BCUT2D eigenvalue weighted by Gasteiger charge is 2.32. The molecule has 1 aliphatic heterocycles. The maximum atomic E-state index is 12.9. The predicted molar refractivity (Wildman–Crippen MR) is 106 cm³/mol. The van der Waals surface area contributed by atoms with Crippen LogP contribution in [0.5, 0.6) is 0 Å². The molecule has 1 atom stereocenters. The van der Waals surface area contributed by atoms with Crippen LogP contribution in [-0.4, -0.2) is 58.0 Å². The average Bonchev–Trinajstić information content (AvgIpc) is 3.16. The summed E-state index contributed by atoms with van der Waals surface area (Å²) >= 11 is 0. The Bertz CT molecular complexity index is 869. The number of aryl methyl sites for hydroxylation is 2. The van der Waals surface area contributed by atoms with E-state index < -0.39 is 6.04 Å². The monoisotopic (exact) mass is 388 g/mol. The second kappa shape index (κ2) is 7.91. The third kappa shape index (κ3) is 3.95. The maximum absolute atomic E-state index is 12.9. The summed E-state index contributed by atoms with van der Waals surface area (Å²) in [6, 6.07) is 0.965. The van der Waals surface area contributed by atoms with Gasteiger partial charge in [0.15, 0.2) is 0 Å². The van der Waals surface area contributed by atoms with Crippen molar-refractivity contribution in [2.24, 2.45) is 14.1 Å². The highest BCUT2D eigenvalue weighted by molar-refractivity contribution is 5.99. The topological polar surface area (TPSA) is 100 Å². The SMILES string of the molecule is Cc1cc(N2CCCC(NC(=O)NCc3cnc(N(C)C)n3C)C2=O)n(C)n1. The van der Waals surface area contributed by atoms with Crippen molar-refractivity contribution in [1.29, 1.82) is 0 Å². The van der Waals surface area contributed by atoms with Crippen molar-refractivity contribution < 1.29 is 9.59 Å². The molecular weight excluding hydrogens is 360 g/mol. The Morgan fingerprint density at radius 2 is 2.11 bits per heavy atom. The molecule has 3 amide bonds. The number of hydrogen-bond acceptors (Lipinski definition) is 5. The van der Waals surface area contributed by atoms with Crippen LogP contribution in [0.2, 0.25) is 0 Å². The largest absolute Gasteiger partial charge is 0.348 e. The van der Waals surface area contributed by atoms with Crippen molar-refractivity contribution in [1.82, 2.24) is 30.0 Å². The molecule has 1 saturated heterocycles. The van der Waals surface area contributed by atoms with Crippen LogP contribution in [0.4, 0.5) is 16.6 Å². The van der Waals surface area contributed by atoms with Gasteiger partial charge in [-0.25, -0.2) is 9.78 Å². The first-order valence-electron chi connectivity index (χ1n) is 9.32. The Hall–Kier alpha value is -3.04. The molecule has 0 aromatic carbocycles. The number of nitrogens with one attached hydrogen (secondary N) is 2. The second-order valence-corrected chi connectivity index (χ2v) is 7.28. The van der Waals surface area contributed by atoms with Crippen molar-refractivity contribution in [3.05, 3.63) is 23.7 Å². The van der Waals surface area contributed by atoms with Crippen molar-refractivity contribution in [3.8, 4) is 0 Å². The third-order valence-corrected chi connectivity index (χ3v) is 4.89. The van der Waals surface area contributed by atoms with Crippen LogP contribution in [-0.2, 0) is 25.4 Å². The van der Waals surface area contributed by atoms with Gasteiger partial charge in [0.1, 0.15) is 11.9 Å². The standard InChI is InChI=1S/C18H28N8O2/c1-12-9-15(25(5)22-12)26-8-6-7-14(16(26)27)21-17(28)19-10-13-11-20-18(23(2)3)24(13)4/h9,11,14H,6-8,10H2,1-5H3,(H2,19,21,28). The molecule has 1 aliphatic rings. The maximum Gasteiger partial charge on any atom is 0.315 e. The van der Waals surface area contributed by atoms with Gasteiger partial charge in [0, 0.05) is 40.8 Å². The fourth-order valence-electron chi connectivity index (χ4n) is 3.48. The zero-order valence-corrected chi connectivity index (χ0v) is 17.1. The van der Waals surface area contributed by atoms with E-state index in [1.54, 1.807) is 15.8 Å². The molecule has 152 valence electrons. The summed E-state index contributed by atoms with van der Waals surface area (Å²) in [7, 11) is 7.54. The number of aromatic nitrogens is 4. The zero-order valence-electron chi connectivity index (χ0n) is 17.1. The first kappa shape index (κ1) is 19.7. The number of amides is 3. The first-order chi connectivity index (χ1) is 13.3. The van der Waals surface area contributed by atoms with Gasteiger partial charge in [0.2, 0.25) is 5.95 Å². The molecule has 3 rings (SSSR count). The van der Waals surface area contributed by atoms with Crippen molar-refractivity contribution in [3.63, 3.8) is 0 Å². The minimum atomic E-state index is -0.548. The summed E-state index contributed by atoms with van der Waals surface area (Å²) < 4.78 is 3.61. The number of carbonyl (C=O) groups excluding carboxylic acids is 2. The number of rotatable bonds is 5. The molecule has 0 aliphatic carbocycles. The Balaban J connectivity index is 1.59. The Kier molecular flexibility index (Phi) is 5.57. The van der Waals surface area contributed by atoms with Crippen LogP contribution in [0.25, 0.3) is 0 Å². The zero-order chi connectivity index (χ0) is 20.4. The van der Waals surface area contributed by atoms with Gasteiger partial charge in [-0.3, -0.25) is 14.4 Å². The van der Waals surface area contributed by atoms with Crippen LogP contribution < -0.4 is 20.4 Å². The molecule has 2 N–H and O–H groups in total. The van der Waals surface area contributed by atoms with Crippen LogP contribution in [0, 0.1) is 6.92 Å². The smallest absolute Gasteiger partial charge is 0.315 e. The molecule has 0 spiro atoms. The quantitative estimate of drug-likeness (QED) is 0.778. The Morgan fingerprint density at radius 1 is 1.36 bits per heavy atom. The lowest BCUT2D eigenvalue weighted by Crippen LogP contribution is -2.54. The molecule has 1 unspecified atom stereocenters. The van der Waals surface area contributed by atoms with Crippen LogP contribution in [0.3, 0.4) is 0 Å². The summed E-state index contributed by atoms with van der Waals surface area (Å²) in [5, 5.41) is 9.92. The first-order valence-corrected chi connectivity index (χ1v) is 9.32. The number of urea groups is 1. The van der Waals surface area contributed by atoms with Crippen LogP contribution in [0.15, 0.2) is 12.3 Å². The lowest BCUT2D eigenvalue weighted by molar-refractivity contribution is -0.121. The lowest BCUT2D eigenvalue weighted by atomic mass is 10.0. The molecule has 3 heterocycles. The highest BCUT2D eigenvalue weighted by Crippen LogP contribution is 2.21. The van der Waals surface area contributed by atoms with E-state index in [0.29, 0.717) is 19.5 Å². The van der Waals surface area contributed by atoms with E-state index in [4.69, 9.17) is 0 Å². The number of hydrogen-bond donors (Lipinski definition) is 2. The summed E-state index contributed by atoms with van der Waals surface area (Å²) in [6.45, 7) is 2.84. The van der Waals surface area contributed by atoms with Gasteiger partial charge < -0.3 is 20.1 Å². The average molecular weight is 388 g/mol. The molecule has 2 aromatic rings. The molecule has 10 nitrogen and oxygen atoms in total. The molecule has 0 radical (unpaired) electrons.